The van der Waals surface area contributed by atoms with Gasteiger partial charge in [-0.05, 0) is 26.7 Å². The van der Waals surface area contributed by atoms with Crippen LogP contribution in [-0.4, -0.2) is 17.6 Å². The zero-order chi connectivity index (χ0) is 12.8. The van der Waals surface area contributed by atoms with Gasteiger partial charge in [0.15, 0.2) is 0 Å². The molecule has 0 aliphatic heterocycles. The molecule has 90 valence electrons. The number of nitriles is 1. The van der Waals surface area contributed by atoms with Gasteiger partial charge in [0.2, 0.25) is 0 Å². The lowest BCUT2D eigenvalue weighted by Gasteiger charge is -2.08. The van der Waals surface area contributed by atoms with E-state index in [-0.39, 0.29) is 5.97 Å². The summed E-state index contributed by atoms with van der Waals surface area (Å²) in [5.41, 5.74) is 2.84. The van der Waals surface area contributed by atoms with Crippen molar-refractivity contribution in [3.63, 3.8) is 0 Å². The summed E-state index contributed by atoms with van der Waals surface area (Å²) in [5.74, 6) is -0.345. The Labute approximate surface area is 101 Å². The first-order valence-electron chi connectivity index (χ1n) is 5.64. The third-order valence-corrected chi connectivity index (χ3v) is 3.81. The monoisotopic (exact) mass is 232 g/mol. The highest BCUT2D eigenvalue weighted by atomic mass is 16.5. The van der Waals surface area contributed by atoms with Crippen LogP contribution in [-0.2, 0) is 17.2 Å². The van der Waals surface area contributed by atoms with Crippen molar-refractivity contribution in [2.24, 2.45) is 7.05 Å². The fourth-order valence-corrected chi connectivity index (χ4v) is 2.43. The molecular weight excluding hydrogens is 216 g/mol. The Kier molecular flexibility index (Phi) is 2.50. The molecule has 0 atom stereocenters. The van der Waals surface area contributed by atoms with Gasteiger partial charge in [-0.2, -0.15) is 5.26 Å². The van der Waals surface area contributed by atoms with Crippen molar-refractivity contribution in [1.29, 1.82) is 5.26 Å². The van der Waals surface area contributed by atoms with Crippen LogP contribution in [0.3, 0.4) is 0 Å². The van der Waals surface area contributed by atoms with Gasteiger partial charge in [-0.1, -0.05) is 0 Å². The molecule has 2 rings (SSSR count). The second-order valence-corrected chi connectivity index (χ2v) is 4.67. The summed E-state index contributed by atoms with van der Waals surface area (Å²) in [6.07, 6.45) is 1.66. The minimum atomic E-state index is -0.459. The maximum absolute atomic E-state index is 11.9. The number of esters is 1. The zero-order valence-corrected chi connectivity index (χ0v) is 10.6. The standard InChI is InChI=1S/C13H16N2O2/c1-8-10(12(16)17-4)11(9(2)15(8)3)13(7-14)5-6-13/h5-6H2,1-4H3. The molecule has 1 aliphatic rings. The maximum Gasteiger partial charge on any atom is 0.340 e. The third kappa shape index (κ3) is 1.46. The average Bonchev–Trinajstić information content (AvgIpc) is 3.09. The molecule has 1 fully saturated rings. The number of carbonyl (C=O) groups is 1. The van der Waals surface area contributed by atoms with Gasteiger partial charge < -0.3 is 9.30 Å². The molecule has 0 N–H and O–H groups in total. The molecule has 0 amide bonds. The molecule has 1 saturated carbocycles. The van der Waals surface area contributed by atoms with Crippen LogP contribution in [0.1, 0.15) is 40.2 Å². The molecule has 0 unspecified atom stereocenters. The summed E-state index contributed by atoms with van der Waals surface area (Å²) in [5, 5.41) is 9.30. The molecule has 17 heavy (non-hydrogen) atoms. The Hall–Kier alpha value is -1.76. The van der Waals surface area contributed by atoms with Gasteiger partial charge >= 0.3 is 5.97 Å². The number of hydrogen-bond acceptors (Lipinski definition) is 3. The molecule has 1 aromatic rings. The predicted molar refractivity (Wildman–Crippen MR) is 62.8 cm³/mol. The van der Waals surface area contributed by atoms with E-state index in [1.165, 1.54) is 7.11 Å². The largest absolute Gasteiger partial charge is 0.465 e. The van der Waals surface area contributed by atoms with E-state index >= 15 is 0 Å². The highest BCUT2D eigenvalue weighted by Gasteiger charge is 2.49. The first-order valence-corrected chi connectivity index (χ1v) is 5.64. The van der Waals surface area contributed by atoms with Crippen molar-refractivity contribution in [2.45, 2.75) is 32.1 Å². The van der Waals surface area contributed by atoms with Gasteiger partial charge in [-0.25, -0.2) is 4.79 Å². The number of nitrogens with zero attached hydrogens (tertiary/aromatic N) is 2. The first-order chi connectivity index (χ1) is 7.98. The van der Waals surface area contributed by atoms with Crippen LogP contribution in [0.15, 0.2) is 0 Å². The minimum Gasteiger partial charge on any atom is -0.465 e. The molecule has 0 spiro atoms. The van der Waals surface area contributed by atoms with Crippen LogP contribution < -0.4 is 0 Å². The van der Waals surface area contributed by atoms with E-state index in [9.17, 15) is 10.1 Å². The van der Waals surface area contributed by atoms with Crippen LogP contribution in [0.4, 0.5) is 0 Å². The van der Waals surface area contributed by atoms with E-state index in [0.29, 0.717) is 5.56 Å². The number of carbonyl (C=O) groups excluding carboxylic acids is 1. The highest BCUT2D eigenvalue weighted by Crippen LogP contribution is 2.51. The summed E-state index contributed by atoms with van der Waals surface area (Å²) >= 11 is 0. The van der Waals surface area contributed by atoms with Gasteiger partial charge in [-0.3, -0.25) is 0 Å². The molecule has 1 heterocycles. The fourth-order valence-electron chi connectivity index (χ4n) is 2.43. The predicted octanol–water partition coefficient (Wildman–Crippen LogP) is 1.98. The molecule has 0 radical (unpaired) electrons. The Morgan fingerprint density at radius 3 is 2.41 bits per heavy atom. The molecular formula is C13H16N2O2. The summed E-state index contributed by atoms with van der Waals surface area (Å²) in [6, 6.07) is 2.35. The lowest BCUT2D eigenvalue weighted by Crippen LogP contribution is -2.12. The van der Waals surface area contributed by atoms with E-state index < -0.39 is 5.41 Å². The molecule has 0 bridgehead atoms. The molecule has 1 aromatic heterocycles. The van der Waals surface area contributed by atoms with E-state index in [4.69, 9.17) is 4.74 Å². The van der Waals surface area contributed by atoms with Crippen LogP contribution >= 0.6 is 0 Å². The molecule has 1 aliphatic carbocycles. The van der Waals surface area contributed by atoms with Crippen molar-refractivity contribution in [3.8, 4) is 6.07 Å². The number of hydrogen-bond donors (Lipinski definition) is 0. The van der Waals surface area contributed by atoms with Crippen molar-refractivity contribution in [3.05, 3.63) is 22.5 Å². The number of rotatable bonds is 2. The quantitative estimate of drug-likeness (QED) is 0.733. The highest BCUT2D eigenvalue weighted by molar-refractivity contribution is 5.94. The number of ether oxygens (including phenoxy) is 1. The van der Waals surface area contributed by atoms with Crippen LogP contribution in [0, 0.1) is 25.2 Å². The maximum atomic E-state index is 11.9. The van der Waals surface area contributed by atoms with Crippen molar-refractivity contribution >= 4 is 5.97 Å². The Morgan fingerprint density at radius 2 is 2.00 bits per heavy atom. The third-order valence-electron chi connectivity index (χ3n) is 3.81. The average molecular weight is 232 g/mol. The summed E-state index contributed by atoms with van der Waals surface area (Å²) < 4.78 is 6.79. The van der Waals surface area contributed by atoms with Gasteiger partial charge in [0.05, 0.1) is 24.2 Å². The molecule has 0 aromatic carbocycles. The van der Waals surface area contributed by atoms with Crippen molar-refractivity contribution in [1.82, 2.24) is 4.57 Å². The molecule has 4 nitrogen and oxygen atoms in total. The van der Waals surface area contributed by atoms with E-state index in [1.807, 2.05) is 25.5 Å². The summed E-state index contributed by atoms with van der Waals surface area (Å²) in [6.45, 7) is 3.84. The van der Waals surface area contributed by atoms with Gasteiger partial charge in [0.1, 0.15) is 0 Å². The number of methoxy groups -OCH3 is 1. The lowest BCUT2D eigenvalue weighted by molar-refractivity contribution is 0.0598. The SMILES string of the molecule is COC(=O)c1c(C2(C#N)CC2)c(C)n(C)c1C. The van der Waals surface area contributed by atoms with Crippen LogP contribution in [0.25, 0.3) is 0 Å². The first kappa shape index (κ1) is 11.7. The minimum absolute atomic E-state index is 0.345. The number of aromatic nitrogens is 1. The van der Waals surface area contributed by atoms with Crippen LogP contribution in [0.2, 0.25) is 0 Å². The van der Waals surface area contributed by atoms with Crippen LogP contribution in [0.5, 0.6) is 0 Å². The molecule has 0 saturated heterocycles. The van der Waals surface area contributed by atoms with E-state index in [0.717, 1.165) is 29.8 Å². The van der Waals surface area contributed by atoms with E-state index in [2.05, 4.69) is 6.07 Å². The van der Waals surface area contributed by atoms with Gasteiger partial charge in [0, 0.05) is 24.0 Å². The molecule has 4 heteroatoms. The van der Waals surface area contributed by atoms with Gasteiger partial charge in [-0.15, -0.1) is 0 Å². The Morgan fingerprint density at radius 1 is 1.41 bits per heavy atom. The van der Waals surface area contributed by atoms with E-state index in [1.54, 1.807) is 0 Å². The Balaban J connectivity index is 2.70. The lowest BCUT2D eigenvalue weighted by atomic mass is 9.93. The topological polar surface area (TPSA) is 55.0 Å². The van der Waals surface area contributed by atoms with Gasteiger partial charge in [0.25, 0.3) is 0 Å². The zero-order valence-electron chi connectivity index (χ0n) is 10.6. The van der Waals surface area contributed by atoms with Crippen molar-refractivity contribution < 1.29 is 9.53 Å². The second-order valence-electron chi connectivity index (χ2n) is 4.67. The Bertz CT molecular complexity index is 531. The van der Waals surface area contributed by atoms with Crippen molar-refractivity contribution in [2.75, 3.05) is 7.11 Å². The smallest absolute Gasteiger partial charge is 0.340 e. The fraction of sp³-hybridized carbons (Fsp3) is 0.538. The summed E-state index contributed by atoms with van der Waals surface area (Å²) in [4.78, 5) is 11.9. The normalized spacial score (nSPS) is 16.4. The second kappa shape index (κ2) is 3.63. The summed E-state index contributed by atoms with van der Waals surface area (Å²) in [7, 11) is 3.29.